The van der Waals surface area contributed by atoms with E-state index >= 15 is 0 Å². The van der Waals surface area contributed by atoms with Gasteiger partial charge in [0.2, 0.25) is 88.6 Å². The Morgan fingerprint density at radius 1 is 0.314 bits per heavy atom. The number of nitrogens with two attached hydrogens (primary N) is 6. The molecule has 0 aliphatic heterocycles. The number of carboxylic acids is 1. The number of aliphatic carboxylic acids is 1. The van der Waals surface area contributed by atoms with Crippen LogP contribution in [-0.2, 0) is 76.7 Å². The Hall–Kier alpha value is -8.52. The van der Waals surface area contributed by atoms with Crippen LogP contribution < -0.4 is 87.6 Å². The predicted octanol–water partition coefficient (Wildman–Crippen LogP) is -11.6. The molecule has 0 aromatic carbocycles. The Bertz CT molecular complexity index is 1980. The van der Waals surface area contributed by atoms with E-state index in [2.05, 4.69) is 47.9 Å². The molecule has 0 fully saturated rings. The number of hydrogen-bond donors (Lipinski definition) is 17. The zero-order valence-corrected chi connectivity index (χ0v) is 37.6. The summed E-state index contributed by atoms with van der Waals surface area (Å²) in [6, 6.07) is -7.47. The van der Waals surface area contributed by atoms with E-state index in [1.54, 1.807) is 0 Å². The number of primary amides is 5. The normalized spacial score (nSPS) is 12.5. The third-order valence-corrected chi connectivity index (χ3v) is 8.95. The van der Waals surface area contributed by atoms with Crippen LogP contribution in [0.3, 0.4) is 0 Å². The van der Waals surface area contributed by atoms with E-state index in [9.17, 15) is 76.7 Å². The molecule has 0 aromatic rings. The maximum Gasteiger partial charge on any atom is 0.322 e. The highest BCUT2D eigenvalue weighted by molar-refractivity contribution is 5.97. The lowest BCUT2D eigenvalue weighted by Crippen LogP contribution is -2.55. The monoisotopic (exact) mass is 1000 g/mol. The molecule has 0 aromatic heterocycles. The van der Waals surface area contributed by atoms with Crippen molar-refractivity contribution in [2.45, 2.75) is 94.4 Å². The van der Waals surface area contributed by atoms with Gasteiger partial charge >= 0.3 is 5.97 Å². The Morgan fingerprint density at radius 3 is 0.671 bits per heavy atom. The second-order valence-electron chi connectivity index (χ2n) is 14.8. The number of amides is 15. The van der Waals surface area contributed by atoms with Gasteiger partial charge in [0.25, 0.3) is 0 Å². The van der Waals surface area contributed by atoms with E-state index in [1.807, 2.05) is 5.32 Å². The first-order valence-corrected chi connectivity index (χ1v) is 20.9. The van der Waals surface area contributed by atoms with Crippen LogP contribution in [0.2, 0.25) is 0 Å². The predicted molar refractivity (Wildman–Crippen MR) is 234 cm³/mol. The van der Waals surface area contributed by atoms with Gasteiger partial charge in [0.05, 0.1) is 32.7 Å². The minimum Gasteiger partial charge on any atom is -0.480 e. The van der Waals surface area contributed by atoms with Gasteiger partial charge in [-0.25, -0.2) is 0 Å². The molecule has 33 nitrogen and oxygen atoms in total. The standard InChI is InChI=1S/C37H60N16O17/c38-11-27(59)49-17(1-6-22(39)54)33(66)44-12-28(60)50-18(2-7-23(40)55)34(67)45-13-29(61)51-19(3-8-24(41)56)35(68)46-14-30(62)52-20(4-9-25(42)57)36(69)47-15-31(63)53-21(5-10-26(43)58)37(70)48-16-32(64)65/h17-21H,1-16,38H2,(H2,39,54)(H2,40,55)(H2,41,56)(H2,42,57)(H2,43,58)(H,44,66)(H,45,67)(H,46,68)(H,47,69)(H,48,70)(H,49,59)(H,50,60)(H,51,61)(H,52,62)(H,53,63)(H,64,65)/t17-,18-,19-,20-,21-/m0/s1. The lowest BCUT2D eigenvalue weighted by atomic mass is 10.1. The van der Waals surface area contributed by atoms with Crippen molar-refractivity contribution in [1.29, 1.82) is 0 Å². The van der Waals surface area contributed by atoms with E-state index in [0.29, 0.717) is 0 Å². The van der Waals surface area contributed by atoms with Gasteiger partial charge in [0.15, 0.2) is 0 Å². The summed E-state index contributed by atoms with van der Waals surface area (Å²) in [6.45, 7) is -4.75. The first-order valence-electron chi connectivity index (χ1n) is 20.9. The fourth-order valence-corrected chi connectivity index (χ4v) is 5.46. The van der Waals surface area contributed by atoms with Gasteiger partial charge in [-0.3, -0.25) is 76.7 Å². The van der Waals surface area contributed by atoms with Crippen molar-refractivity contribution in [3.63, 3.8) is 0 Å². The van der Waals surface area contributed by atoms with Crippen LogP contribution >= 0.6 is 0 Å². The molecular formula is C37H60N16O17. The molecule has 0 radical (unpaired) electrons. The highest BCUT2D eigenvalue weighted by Gasteiger charge is 2.28. The quantitative estimate of drug-likeness (QED) is 0.0277. The van der Waals surface area contributed by atoms with Gasteiger partial charge in [-0.1, -0.05) is 0 Å². The Balaban J connectivity index is 5.68. The van der Waals surface area contributed by atoms with Crippen molar-refractivity contribution < 1.29 is 81.8 Å². The summed E-state index contributed by atoms with van der Waals surface area (Å²) in [7, 11) is 0. The zero-order chi connectivity index (χ0) is 53.5. The van der Waals surface area contributed by atoms with Crippen molar-refractivity contribution >= 4 is 94.6 Å². The fraction of sp³-hybridized carbons (Fsp3) is 0.568. The van der Waals surface area contributed by atoms with Gasteiger partial charge in [0.1, 0.15) is 36.8 Å². The first-order chi connectivity index (χ1) is 32.7. The molecule has 0 rings (SSSR count). The van der Waals surface area contributed by atoms with E-state index in [-0.39, 0.29) is 19.3 Å². The molecule has 0 saturated carbocycles. The maximum absolute atomic E-state index is 13.1. The van der Waals surface area contributed by atoms with Gasteiger partial charge < -0.3 is 92.7 Å². The smallest absolute Gasteiger partial charge is 0.322 e. The first kappa shape index (κ1) is 61.5. The van der Waals surface area contributed by atoms with Crippen LogP contribution in [-0.4, -0.2) is 169 Å². The third kappa shape index (κ3) is 29.2. The summed E-state index contributed by atoms with van der Waals surface area (Å²) in [6.07, 6.45) is -3.98. The summed E-state index contributed by atoms with van der Waals surface area (Å²) in [5.41, 5.74) is 31.0. The van der Waals surface area contributed by atoms with Gasteiger partial charge in [-0.2, -0.15) is 0 Å². The lowest BCUT2D eigenvalue weighted by Gasteiger charge is -2.21. The largest absolute Gasteiger partial charge is 0.480 e. The van der Waals surface area contributed by atoms with Crippen molar-refractivity contribution in [3.8, 4) is 0 Å². The summed E-state index contributed by atoms with van der Waals surface area (Å²) < 4.78 is 0. The molecule has 23 N–H and O–H groups in total. The third-order valence-electron chi connectivity index (χ3n) is 8.95. The van der Waals surface area contributed by atoms with E-state index in [1.165, 1.54) is 0 Å². The topological polar surface area (TPSA) is 570 Å². The number of rotatable bonds is 36. The van der Waals surface area contributed by atoms with Gasteiger partial charge in [-0.05, 0) is 32.1 Å². The number of nitrogens with one attached hydrogen (secondary N) is 10. The fourth-order valence-electron chi connectivity index (χ4n) is 5.46. The van der Waals surface area contributed by atoms with Crippen LogP contribution in [0.25, 0.3) is 0 Å². The summed E-state index contributed by atoms with van der Waals surface area (Å²) in [5, 5.41) is 30.6. The second-order valence-corrected chi connectivity index (χ2v) is 14.8. The second kappa shape index (κ2) is 33.0. The molecule has 0 aliphatic rings. The molecule has 70 heavy (non-hydrogen) atoms. The van der Waals surface area contributed by atoms with Gasteiger partial charge in [0, 0.05) is 32.1 Å². The van der Waals surface area contributed by atoms with Crippen molar-refractivity contribution in [3.05, 3.63) is 0 Å². The number of hydrogen-bond acceptors (Lipinski definition) is 17. The van der Waals surface area contributed by atoms with Crippen LogP contribution in [0.15, 0.2) is 0 Å². The van der Waals surface area contributed by atoms with Crippen LogP contribution in [0, 0.1) is 0 Å². The summed E-state index contributed by atoms with van der Waals surface area (Å²) >= 11 is 0. The minimum atomic E-state index is -1.59. The average molecular weight is 1000 g/mol. The highest BCUT2D eigenvalue weighted by Crippen LogP contribution is 2.03. The molecule has 15 amide bonds. The molecule has 0 heterocycles. The average Bonchev–Trinajstić information content (AvgIpc) is 3.28. The maximum atomic E-state index is 13.1. The van der Waals surface area contributed by atoms with E-state index in [0.717, 1.165) is 0 Å². The molecule has 5 atom stereocenters. The van der Waals surface area contributed by atoms with Crippen molar-refractivity contribution in [2.75, 3.05) is 39.3 Å². The summed E-state index contributed by atoms with van der Waals surface area (Å²) in [5.74, 6) is -15.8. The number of carbonyl (C=O) groups is 16. The van der Waals surface area contributed by atoms with Crippen LogP contribution in [0.4, 0.5) is 0 Å². The molecule has 0 unspecified atom stereocenters. The van der Waals surface area contributed by atoms with E-state index in [4.69, 9.17) is 39.5 Å². The number of carboxylic acid groups (broad SMARTS) is 1. The Morgan fingerprint density at radius 2 is 0.500 bits per heavy atom. The van der Waals surface area contributed by atoms with Crippen LogP contribution in [0.5, 0.6) is 0 Å². The van der Waals surface area contributed by atoms with Gasteiger partial charge in [-0.15, -0.1) is 0 Å². The van der Waals surface area contributed by atoms with E-state index < -0.39 is 209 Å². The Labute approximate surface area is 397 Å². The molecule has 0 spiro atoms. The lowest BCUT2D eigenvalue weighted by molar-refractivity contribution is -0.138. The molecule has 0 bridgehead atoms. The molecule has 0 saturated heterocycles. The minimum absolute atomic E-state index is 0.246. The summed E-state index contributed by atoms with van der Waals surface area (Å²) in [4.78, 5) is 195. The molecule has 390 valence electrons. The zero-order valence-electron chi connectivity index (χ0n) is 37.6. The number of carbonyl (C=O) groups excluding carboxylic acids is 15. The van der Waals surface area contributed by atoms with Crippen LogP contribution in [0.1, 0.15) is 64.2 Å². The Kier molecular flexibility index (Phi) is 29.0. The molecule has 33 heteroatoms. The molecular weight excluding hydrogens is 941 g/mol. The van der Waals surface area contributed by atoms with Crippen molar-refractivity contribution in [2.24, 2.45) is 34.4 Å². The highest BCUT2D eigenvalue weighted by atomic mass is 16.4. The SMILES string of the molecule is NCC(=O)N[C@@H](CCC(N)=O)C(=O)NCC(=O)N[C@@H](CCC(N)=O)C(=O)NCC(=O)N[C@@H](CCC(N)=O)C(=O)NCC(=O)N[C@@H](CCC(N)=O)C(=O)NCC(=O)N[C@@H](CCC(N)=O)C(=O)NCC(=O)O. The van der Waals surface area contributed by atoms with Crippen molar-refractivity contribution in [1.82, 2.24) is 53.2 Å². The molecule has 0 aliphatic carbocycles.